The van der Waals surface area contributed by atoms with E-state index in [0.29, 0.717) is 24.7 Å². The maximum absolute atomic E-state index is 12.8. The van der Waals surface area contributed by atoms with Crippen LogP contribution >= 0.6 is 12.4 Å². The quantitative estimate of drug-likeness (QED) is 0.699. The summed E-state index contributed by atoms with van der Waals surface area (Å²) in [5, 5.41) is 6.31. The maximum atomic E-state index is 12.8. The van der Waals surface area contributed by atoms with Crippen LogP contribution < -0.4 is 10.6 Å². The molecule has 1 spiro atoms. The highest BCUT2D eigenvalue weighted by atomic mass is 35.5. The third-order valence-corrected chi connectivity index (χ3v) is 6.62. The second-order valence-corrected chi connectivity index (χ2v) is 8.10. The van der Waals surface area contributed by atoms with E-state index >= 15 is 0 Å². The van der Waals surface area contributed by atoms with Crippen molar-refractivity contribution in [3.05, 3.63) is 0 Å². The van der Waals surface area contributed by atoms with E-state index in [1.54, 1.807) is 0 Å². The van der Waals surface area contributed by atoms with Crippen molar-refractivity contribution < 1.29 is 14.4 Å². The van der Waals surface area contributed by atoms with Crippen LogP contribution in [-0.4, -0.2) is 65.9 Å². The molecule has 1 saturated carbocycles. The van der Waals surface area contributed by atoms with Gasteiger partial charge in [0.25, 0.3) is 5.91 Å². The minimum Gasteiger partial charge on any atom is -0.341 e. The number of amides is 4. The SMILES string of the molecule is Cl.O=C(CN1C(=O)NC2(CCCCC2)C1=O)N1CC[C@@H]2CNC[C@@H]2CC1. The summed E-state index contributed by atoms with van der Waals surface area (Å²) in [6.45, 7) is 3.44. The Morgan fingerprint density at radius 2 is 1.65 bits per heavy atom. The number of urea groups is 1. The van der Waals surface area contributed by atoms with Crippen molar-refractivity contribution in [2.75, 3.05) is 32.7 Å². The van der Waals surface area contributed by atoms with Crippen molar-refractivity contribution in [3.8, 4) is 0 Å². The third kappa shape index (κ3) is 3.43. The Labute approximate surface area is 160 Å². The highest BCUT2D eigenvalue weighted by Crippen LogP contribution is 2.34. The monoisotopic (exact) mass is 384 g/mol. The molecule has 8 heteroatoms. The number of rotatable bonds is 2. The Hall–Kier alpha value is -1.34. The van der Waals surface area contributed by atoms with Gasteiger partial charge < -0.3 is 15.5 Å². The van der Waals surface area contributed by atoms with Crippen LogP contribution in [-0.2, 0) is 9.59 Å². The zero-order valence-corrected chi connectivity index (χ0v) is 16.0. The van der Waals surface area contributed by atoms with Crippen LogP contribution in [0, 0.1) is 11.8 Å². The lowest BCUT2D eigenvalue weighted by Crippen LogP contribution is -2.49. The standard InChI is InChI=1S/C18H28N4O3.ClH/c23-15(21-8-4-13-10-19-11-14(13)5-9-21)12-22-16(24)18(20-17(22)25)6-2-1-3-7-18;/h13-14,19H,1-12H2,(H,20,25);1H/t13-,14+;. The van der Waals surface area contributed by atoms with E-state index in [1.165, 1.54) is 0 Å². The predicted molar refractivity (Wildman–Crippen MR) is 99.0 cm³/mol. The minimum absolute atomic E-state index is 0. The molecule has 146 valence electrons. The Morgan fingerprint density at radius 3 is 2.27 bits per heavy atom. The van der Waals surface area contributed by atoms with Crippen LogP contribution in [0.4, 0.5) is 4.79 Å². The van der Waals surface area contributed by atoms with E-state index in [4.69, 9.17) is 0 Å². The summed E-state index contributed by atoms with van der Waals surface area (Å²) < 4.78 is 0. The first-order valence-electron chi connectivity index (χ1n) is 9.72. The molecule has 0 aromatic carbocycles. The lowest BCUT2D eigenvalue weighted by atomic mass is 9.82. The molecule has 0 aromatic heterocycles. The Bertz CT molecular complexity index is 565. The van der Waals surface area contributed by atoms with E-state index < -0.39 is 11.6 Å². The second-order valence-electron chi connectivity index (χ2n) is 8.10. The van der Waals surface area contributed by atoms with Gasteiger partial charge in [-0.2, -0.15) is 0 Å². The number of fused-ring (bicyclic) bond motifs is 1. The lowest BCUT2D eigenvalue weighted by Gasteiger charge is -2.30. The van der Waals surface area contributed by atoms with Crippen molar-refractivity contribution in [1.82, 2.24) is 20.4 Å². The van der Waals surface area contributed by atoms with Gasteiger partial charge in [-0.15, -0.1) is 12.4 Å². The fourth-order valence-corrected chi connectivity index (χ4v) is 5.02. The first-order valence-corrected chi connectivity index (χ1v) is 9.72. The van der Waals surface area contributed by atoms with Gasteiger partial charge >= 0.3 is 6.03 Å². The highest BCUT2D eigenvalue weighted by Gasteiger charge is 2.51. The summed E-state index contributed by atoms with van der Waals surface area (Å²) in [6.07, 6.45) is 6.42. The molecule has 4 fully saturated rings. The molecule has 2 atom stereocenters. The molecule has 0 unspecified atom stereocenters. The number of hydrogen-bond acceptors (Lipinski definition) is 4. The van der Waals surface area contributed by atoms with Crippen molar-refractivity contribution in [2.45, 2.75) is 50.5 Å². The number of carbonyl (C=O) groups excluding carboxylic acids is 3. The van der Waals surface area contributed by atoms with E-state index in [0.717, 1.165) is 63.2 Å². The number of carbonyl (C=O) groups is 3. The lowest BCUT2D eigenvalue weighted by molar-refractivity contribution is -0.139. The molecule has 4 aliphatic rings. The zero-order chi connectivity index (χ0) is 17.4. The fourth-order valence-electron chi connectivity index (χ4n) is 5.02. The van der Waals surface area contributed by atoms with Crippen LogP contribution in [0.2, 0.25) is 0 Å². The predicted octanol–water partition coefficient (Wildman–Crippen LogP) is 1.12. The third-order valence-electron chi connectivity index (χ3n) is 6.62. The van der Waals surface area contributed by atoms with Crippen LogP contribution in [0.5, 0.6) is 0 Å². The number of imide groups is 1. The average molecular weight is 385 g/mol. The molecule has 3 saturated heterocycles. The molecule has 4 rings (SSSR count). The highest BCUT2D eigenvalue weighted by molar-refractivity contribution is 6.09. The summed E-state index contributed by atoms with van der Waals surface area (Å²) in [4.78, 5) is 40.9. The number of likely N-dealkylation sites (tertiary alicyclic amines) is 1. The van der Waals surface area contributed by atoms with Crippen LogP contribution in [0.15, 0.2) is 0 Å². The number of nitrogens with one attached hydrogen (secondary N) is 2. The molecule has 1 aliphatic carbocycles. The fraction of sp³-hybridized carbons (Fsp3) is 0.833. The molecule has 4 amide bonds. The van der Waals surface area contributed by atoms with Crippen molar-refractivity contribution in [2.24, 2.45) is 11.8 Å². The van der Waals surface area contributed by atoms with E-state index in [9.17, 15) is 14.4 Å². The summed E-state index contributed by atoms with van der Waals surface area (Å²) in [5.41, 5.74) is -0.739. The van der Waals surface area contributed by atoms with Gasteiger partial charge in [0.1, 0.15) is 12.1 Å². The normalized spacial score (nSPS) is 30.6. The smallest absolute Gasteiger partial charge is 0.325 e. The molecule has 26 heavy (non-hydrogen) atoms. The van der Waals surface area contributed by atoms with Gasteiger partial charge in [-0.1, -0.05) is 19.3 Å². The molecular formula is C18H29ClN4O3. The van der Waals surface area contributed by atoms with Crippen LogP contribution in [0.3, 0.4) is 0 Å². The molecule has 3 heterocycles. The Morgan fingerprint density at radius 1 is 1.04 bits per heavy atom. The summed E-state index contributed by atoms with van der Waals surface area (Å²) >= 11 is 0. The Balaban J connectivity index is 0.00000196. The topological polar surface area (TPSA) is 81.8 Å². The maximum Gasteiger partial charge on any atom is 0.325 e. The van der Waals surface area contributed by atoms with Gasteiger partial charge in [0.05, 0.1) is 0 Å². The van der Waals surface area contributed by atoms with Crippen molar-refractivity contribution in [3.63, 3.8) is 0 Å². The minimum atomic E-state index is -0.739. The number of nitrogens with zero attached hydrogens (tertiary/aromatic N) is 2. The van der Waals surface area contributed by atoms with Gasteiger partial charge in [0.15, 0.2) is 0 Å². The van der Waals surface area contributed by atoms with Crippen LogP contribution in [0.1, 0.15) is 44.9 Å². The molecule has 7 nitrogen and oxygen atoms in total. The van der Waals surface area contributed by atoms with E-state index in [-0.39, 0.29) is 30.8 Å². The first-order chi connectivity index (χ1) is 12.1. The second kappa shape index (κ2) is 7.72. The first kappa shape index (κ1) is 19.4. The molecule has 2 N–H and O–H groups in total. The van der Waals surface area contributed by atoms with Crippen molar-refractivity contribution >= 4 is 30.3 Å². The molecule has 0 bridgehead atoms. The average Bonchev–Trinajstić information content (AvgIpc) is 3.07. The van der Waals surface area contributed by atoms with Crippen LogP contribution in [0.25, 0.3) is 0 Å². The van der Waals surface area contributed by atoms with Gasteiger partial charge in [-0.3, -0.25) is 14.5 Å². The molecular weight excluding hydrogens is 356 g/mol. The van der Waals surface area contributed by atoms with Crippen molar-refractivity contribution in [1.29, 1.82) is 0 Å². The summed E-state index contributed by atoms with van der Waals surface area (Å²) in [5.74, 6) is 1.02. The largest absolute Gasteiger partial charge is 0.341 e. The summed E-state index contributed by atoms with van der Waals surface area (Å²) in [7, 11) is 0. The van der Waals surface area contributed by atoms with E-state index in [1.807, 2.05) is 4.90 Å². The zero-order valence-electron chi connectivity index (χ0n) is 15.2. The van der Waals surface area contributed by atoms with E-state index in [2.05, 4.69) is 10.6 Å². The van der Waals surface area contributed by atoms with Gasteiger partial charge in [0, 0.05) is 13.1 Å². The van der Waals surface area contributed by atoms with Gasteiger partial charge in [-0.25, -0.2) is 4.79 Å². The molecule has 0 aromatic rings. The number of halogens is 1. The Kier molecular flexibility index (Phi) is 5.77. The number of hydrogen-bond donors (Lipinski definition) is 2. The summed E-state index contributed by atoms with van der Waals surface area (Å²) in [6, 6.07) is -0.392. The molecule has 0 radical (unpaired) electrons. The van der Waals surface area contributed by atoms with Gasteiger partial charge in [-0.05, 0) is 50.6 Å². The van der Waals surface area contributed by atoms with Gasteiger partial charge in [0.2, 0.25) is 5.91 Å². The molecule has 3 aliphatic heterocycles.